The van der Waals surface area contributed by atoms with Gasteiger partial charge >= 0.3 is 5.97 Å². The van der Waals surface area contributed by atoms with Crippen molar-refractivity contribution < 1.29 is 14.6 Å². The highest BCUT2D eigenvalue weighted by molar-refractivity contribution is 7.21. The van der Waals surface area contributed by atoms with Crippen LogP contribution in [0.5, 0.6) is 5.75 Å². The number of aromatic nitrogens is 1. The van der Waals surface area contributed by atoms with E-state index in [9.17, 15) is 4.79 Å². The summed E-state index contributed by atoms with van der Waals surface area (Å²) in [7, 11) is 0. The normalized spacial score (nSPS) is 11.0. The maximum absolute atomic E-state index is 11.0. The van der Waals surface area contributed by atoms with E-state index in [0.29, 0.717) is 16.0 Å². The van der Waals surface area contributed by atoms with Gasteiger partial charge in [-0.25, -0.2) is 9.78 Å². The number of fused-ring (bicyclic) bond motifs is 1. The van der Waals surface area contributed by atoms with Gasteiger partial charge in [-0.1, -0.05) is 0 Å². The van der Waals surface area contributed by atoms with Gasteiger partial charge in [-0.3, -0.25) is 0 Å². The van der Waals surface area contributed by atoms with E-state index in [1.54, 1.807) is 12.3 Å². The summed E-state index contributed by atoms with van der Waals surface area (Å²) in [6.45, 7) is 3.79. The van der Waals surface area contributed by atoms with Crippen LogP contribution >= 0.6 is 11.3 Å². The van der Waals surface area contributed by atoms with Crippen LogP contribution in [-0.4, -0.2) is 22.2 Å². The molecule has 0 radical (unpaired) electrons. The first-order valence-corrected chi connectivity index (χ1v) is 5.89. The van der Waals surface area contributed by atoms with E-state index in [4.69, 9.17) is 15.6 Å². The van der Waals surface area contributed by atoms with Gasteiger partial charge in [-0.15, -0.1) is 11.3 Å². The fourth-order valence-electron chi connectivity index (χ4n) is 1.53. The van der Waals surface area contributed by atoms with Gasteiger partial charge in [0.1, 0.15) is 15.5 Å². The number of nitrogen functional groups attached to an aromatic ring is 1. The fourth-order valence-corrected chi connectivity index (χ4v) is 2.45. The summed E-state index contributed by atoms with van der Waals surface area (Å²) in [5.41, 5.74) is 6.05. The van der Waals surface area contributed by atoms with E-state index < -0.39 is 5.97 Å². The molecule has 17 heavy (non-hydrogen) atoms. The van der Waals surface area contributed by atoms with Crippen LogP contribution in [-0.2, 0) is 0 Å². The molecule has 2 aromatic heterocycles. The van der Waals surface area contributed by atoms with Crippen LogP contribution in [0, 0.1) is 0 Å². The molecule has 0 aromatic carbocycles. The van der Waals surface area contributed by atoms with E-state index >= 15 is 0 Å². The molecule has 0 bridgehead atoms. The number of hydrogen-bond donors (Lipinski definition) is 2. The number of rotatable bonds is 3. The third kappa shape index (κ3) is 2.03. The number of thiophene rings is 1. The summed E-state index contributed by atoms with van der Waals surface area (Å²) in [6.07, 6.45) is 1.58. The number of nitrogens with two attached hydrogens (primary N) is 1. The first-order valence-electron chi connectivity index (χ1n) is 5.07. The molecule has 0 aliphatic rings. The molecule has 0 aliphatic heterocycles. The highest BCUT2D eigenvalue weighted by atomic mass is 32.1. The van der Waals surface area contributed by atoms with Gasteiger partial charge in [0, 0.05) is 6.20 Å². The van der Waals surface area contributed by atoms with E-state index in [1.807, 2.05) is 13.8 Å². The van der Waals surface area contributed by atoms with E-state index in [-0.39, 0.29) is 16.7 Å². The first-order chi connectivity index (χ1) is 8.00. The second-order valence-corrected chi connectivity index (χ2v) is 4.80. The number of anilines is 1. The molecular weight excluding hydrogens is 240 g/mol. The Kier molecular flexibility index (Phi) is 2.89. The number of nitrogens with zero attached hydrogens (tertiary/aromatic N) is 1. The Morgan fingerprint density at radius 1 is 1.59 bits per heavy atom. The molecule has 0 atom stereocenters. The van der Waals surface area contributed by atoms with Crippen LogP contribution in [0.25, 0.3) is 10.2 Å². The minimum absolute atomic E-state index is 0.00632. The van der Waals surface area contributed by atoms with Crippen molar-refractivity contribution in [2.24, 2.45) is 0 Å². The summed E-state index contributed by atoms with van der Waals surface area (Å²) >= 11 is 1.06. The van der Waals surface area contributed by atoms with Gasteiger partial charge in [0.15, 0.2) is 0 Å². The third-order valence-electron chi connectivity index (χ3n) is 2.15. The molecule has 0 amide bonds. The molecule has 2 rings (SSSR count). The van der Waals surface area contributed by atoms with Crippen LogP contribution < -0.4 is 10.5 Å². The lowest BCUT2D eigenvalue weighted by Crippen LogP contribution is -2.06. The highest BCUT2D eigenvalue weighted by Gasteiger charge is 2.19. The number of ether oxygens (including phenoxy) is 1. The predicted octanol–water partition coefficient (Wildman–Crippen LogP) is 2.36. The second kappa shape index (κ2) is 4.21. The topological polar surface area (TPSA) is 85.4 Å². The molecule has 0 saturated carbocycles. The van der Waals surface area contributed by atoms with Gasteiger partial charge in [0.2, 0.25) is 0 Å². The number of carboxylic acid groups (broad SMARTS) is 1. The summed E-state index contributed by atoms with van der Waals surface area (Å²) in [6, 6.07) is 1.69. The second-order valence-electron chi connectivity index (χ2n) is 3.81. The lowest BCUT2D eigenvalue weighted by molar-refractivity contribution is 0.0703. The Labute approximate surface area is 102 Å². The van der Waals surface area contributed by atoms with Gasteiger partial charge in [0.25, 0.3) is 0 Å². The van der Waals surface area contributed by atoms with Crippen molar-refractivity contribution in [3.63, 3.8) is 0 Å². The van der Waals surface area contributed by atoms with Crippen molar-refractivity contribution in [3.05, 3.63) is 17.1 Å². The molecule has 0 saturated heterocycles. The molecule has 0 spiro atoms. The van der Waals surface area contributed by atoms with Crippen LogP contribution in [0.2, 0.25) is 0 Å². The quantitative estimate of drug-likeness (QED) is 0.875. The maximum atomic E-state index is 11.0. The van der Waals surface area contributed by atoms with Crippen molar-refractivity contribution in [1.29, 1.82) is 0 Å². The molecular formula is C11H12N2O3S. The Bertz CT molecular complexity index is 577. The lowest BCUT2D eigenvalue weighted by atomic mass is 10.2. The minimum Gasteiger partial charge on any atom is -0.490 e. The van der Waals surface area contributed by atoms with E-state index in [2.05, 4.69) is 4.98 Å². The summed E-state index contributed by atoms with van der Waals surface area (Å²) in [5.74, 6) is -0.466. The van der Waals surface area contributed by atoms with Crippen molar-refractivity contribution in [1.82, 2.24) is 4.98 Å². The SMILES string of the molecule is CC(C)Oc1ccnc2sc(C(=O)O)c(N)c12. The maximum Gasteiger partial charge on any atom is 0.348 e. The molecule has 0 aliphatic carbocycles. The Morgan fingerprint density at radius 2 is 2.29 bits per heavy atom. The number of carboxylic acids is 1. The van der Waals surface area contributed by atoms with Gasteiger partial charge in [-0.2, -0.15) is 0 Å². The van der Waals surface area contributed by atoms with Crippen LogP contribution in [0.15, 0.2) is 12.3 Å². The molecule has 0 fully saturated rings. The molecule has 3 N–H and O–H groups in total. The van der Waals surface area contributed by atoms with Crippen molar-refractivity contribution >= 4 is 33.2 Å². The van der Waals surface area contributed by atoms with E-state index in [0.717, 1.165) is 11.3 Å². The molecule has 90 valence electrons. The van der Waals surface area contributed by atoms with Gasteiger partial charge in [-0.05, 0) is 19.9 Å². The van der Waals surface area contributed by atoms with Crippen molar-refractivity contribution in [3.8, 4) is 5.75 Å². The largest absolute Gasteiger partial charge is 0.490 e. The molecule has 0 unspecified atom stereocenters. The third-order valence-corrected chi connectivity index (χ3v) is 3.25. The van der Waals surface area contributed by atoms with Crippen LogP contribution in [0.3, 0.4) is 0 Å². The minimum atomic E-state index is -1.04. The molecule has 2 heterocycles. The zero-order chi connectivity index (χ0) is 12.6. The summed E-state index contributed by atoms with van der Waals surface area (Å²) < 4.78 is 5.60. The van der Waals surface area contributed by atoms with E-state index in [1.165, 1.54) is 0 Å². The monoisotopic (exact) mass is 252 g/mol. The number of carbonyl (C=O) groups is 1. The Hall–Kier alpha value is -1.82. The number of aromatic carboxylic acids is 1. The lowest BCUT2D eigenvalue weighted by Gasteiger charge is -2.10. The molecule has 6 heteroatoms. The number of pyridine rings is 1. The highest BCUT2D eigenvalue weighted by Crippen LogP contribution is 2.38. The Morgan fingerprint density at radius 3 is 2.88 bits per heavy atom. The Balaban J connectivity index is 2.66. The smallest absolute Gasteiger partial charge is 0.348 e. The summed E-state index contributed by atoms with van der Waals surface area (Å²) in [4.78, 5) is 15.8. The van der Waals surface area contributed by atoms with Crippen molar-refractivity contribution in [2.75, 3.05) is 5.73 Å². The van der Waals surface area contributed by atoms with Crippen molar-refractivity contribution in [2.45, 2.75) is 20.0 Å². The first kappa shape index (κ1) is 11.7. The number of hydrogen-bond acceptors (Lipinski definition) is 5. The molecule has 5 nitrogen and oxygen atoms in total. The van der Waals surface area contributed by atoms with Gasteiger partial charge < -0.3 is 15.6 Å². The standard InChI is InChI=1S/C11H12N2O3S/c1-5(2)16-6-3-4-13-10-7(6)8(12)9(17-10)11(14)15/h3-5H,12H2,1-2H3,(H,14,15). The average Bonchev–Trinajstić information content (AvgIpc) is 2.56. The zero-order valence-corrected chi connectivity index (χ0v) is 10.2. The zero-order valence-electron chi connectivity index (χ0n) is 9.43. The average molecular weight is 252 g/mol. The predicted molar refractivity (Wildman–Crippen MR) is 66.8 cm³/mol. The molecule has 2 aromatic rings. The van der Waals surface area contributed by atoms with Crippen LogP contribution in [0.4, 0.5) is 5.69 Å². The van der Waals surface area contributed by atoms with Crippen LogP contribution in [0.1, 0.15) is 23.5 Å². The fraction of sp³-hybridized carbons (Fsp3) is 0.273. The summed E-state index contributed by atoms with van der Waals surface area (Å²) in [5, 5.41) is 9.59. The van der Waals surface area contributed by atoms with Gasteiger partial charge in [0.05, 0.1) is 17.2 Å².